The fourth-order valence-corrected chi connectivity index (χ4v) is 1.00. The molecule has 1 heterocycles. The first-order valence-electron chi connectivity index (χ1n) is 3.49. The van der Waals surface area contributed by atoms with Crippen molar-refractivity contribution in [2.75, 3.05) is 5.32 Å². The molecule has 1 aromatic rings. The number of anilines is 1. The number of nitrogens with one attached hydrogen (secondary N) is 1. The van der Waals surface area contributed by atoms with Crippen molar-refractivity contribution in [1.82, 2.24) is 4.98 Å². The maximum atomic E-state index is 12.8. The van der Waals surface area contributed by atoms with Crippen LogP contribution in [0.25, 0.3) is 0 Å². The van der Waals surface area contributed by atoms with Gasteiger partial charge in [0, 0.05) is 0 Å². The molecule has 82 valence electrons. The predicted molar refractivity (Wildman–Crippen MR) is 46.6 cm³/mol. The Balaban J connectivity index is 2.91. The van der Waals surface area contributed by atoms with Gasteiger partial charge in [0.05, 0.1) is 22.6 Å². The summed E-state index contributed by atoms with van der Waals surface area (Å²) in [5, 5.41) is 1.48. The van der Waals surface area contributed by atoms with Crippen molar-refractivity contribution in [3.8, 4) is 0 Å². The molecule has 0 aliphatic rings. The van der Waals surface area contributed by atoms with Crippen molar-refractivity contribution in [2.24, 2.45) is 0 Å². The third-order valence-corrected chi connectivity index (χ3v) is 2.15. The van der Waals surface area contributed by atoms with E-state index in [2.05, 4.69) is 20.9 Å². The quantitative estimate of drug-likeness (QED) is 0.806. The van der Waals surface area contributed by atoms with Crippen LogP contribution in [0.15, 0.2) is 16.9 Å². The molecule has 1 N–H and O–H groups in total. The molecule has 0 aromatic carbocycles. The van der Waals surface area contributed by atoms with E-state index in [0.717, 1.165) is 12.4 Å². The molecule has 0 fully saturated rings. The van der Waals surface area contributed by atoms with Crippen LogP contribution >= 0.6 is 15.9 Å². The minimum Gasteiger partial charge on any atom is -0.316 e. The molecule has 0 saturated heterocycles. The van der Waals surface area contributed by atoms with Gasteiger partial charge < -0.3 is 5.32 Å². The van der Waals surface area contributed by atoms with Gasteiger partial charge in [0.25, 0.3) is 0 Å². The third-order valence-electron chi connectivity index (χ3n) is 1.34. The van der Waals surface area contributed by atoms with Gasteiger partial charge in [0.15, 0.2) is 5.82 Å². The standard InChI is InChI=1S/C7H3BrF4N2O/c8-5-3(9)1-13-2-4(5)14-6(15)7(10,11)12/h1-2H,(H,14,15). The van der Waals surface area contributed by atoms with Gasteiger partial charge in [-0.05, 0) is 15.9 Å². The molecule has 1 aromatic heterocycles. The van der Waals surface area contributed by atoms with Gasteiger partial charge in [-0.1, -0.05) is 0 Å². The largest absolute Gasteiger partial charge is 0.471 e. The summed E-state index contributed by atoms with van der Waals surface area (Å²) in [4.78, 5) is 13.8. The van der Waals surface area contributed by atoms with Gasteiger partial charge in [-0.15, -0.1) is 0 Å². The molecule has 0 bridgehead atoms. The highest BCUT2D eigenvalue weighted by Gasteiger charge is 2.39. The van der Waals surface area contributed by atoms with Crippen LogP contribution in [0.3, 0.4) is 0 Å². The van der Waals surface area contributed by atoms with Gasteiger partial charge in [-0.3, -0.25) is 9.78 Å². The summed E-state index contributed by atoms with van der Waals surface area (Å²) in [6, 6.07) is 0. The number of pyridine rings is 1. The van der Waals surface area contributed by atoms with Gasteiger partial charge in [-0.25, -0.2) is 4.39 Å². The highest BCUT2D eigenvalue weighted by molar-refractivity contribution is 9.10. The van der Waals surface area contributed by atoms with Crippen LogP contribution in [0.5, 0.6) is 0 Å². The summed E-state index contributed by atoms with van der Waals surface area (Å²) in [5.41, 5.74) is -0.377. The van der Waals surface area contributed by atoms with Crippen molar-refractivity contribution in [2.45, 2.75) is 6.18 Å². The first-order chi connectivity index (χ1) is 6.82. The van der Waals surface area contributed by atoms with E-state index in [1.54, 1.807) is 0 Å². The zero-order valence-electron chi connectivity index (χ0n) is 6.90. The fourth-order valence-electron chi connectivity index (χ4n) is 0.700. The Morgan fingerprint density at radius 1 is 1.40 bits per heavy atom. The van der Waals surface area contributed by atoms with Crippen LogP contribution in [-0.2, 0) is 4.79 Å². The molecule has 15 heavy (non-hydrogen) atoms. The topological polar surface area (TPSA) is 42.0 Å². The Kier molecular flexibility index (Phi) is 3.28. The summed E-state index contributed by atoms with van der Waals surface area (Å²) in [6.45, 7) is 0. The van der Waals surface area contributed by atoms with Gasteiger partial charge >= 0.3 is 12.1 Å². The van der Waals surface area contributed by atoms with Crippen LogP contribution in [0, 0.1) is 5.82 Å². The molecule has 0 radical (unpaired) electrons. The molecular formula is C7H3BrF4N2O. The minimum absolute atomic E-state index is 0.282. The Labute approximate surface area is 89.6 Å². The number of carbonyl (C=O) groups excluding carboxylic acids is 1. The number of carbonyl (C=O) groups is 1. The Hall–Kier alpha value is -1.18. The molecule has 3 nitrogen and oxygen atoms in total. The zero-order valence-corrected chi connectivity index (χ0v) is 8.49. The monoisotopic (exact) mass is 286 g/mol. The molecule has 0 unspecified atom stereocenters. The number of amides is 1. The second-order valence-electron chi connectivity index (χ2n) is 2.43. The van der Waals surface area contributed by atoms with E-state index in [9.17, 15) is 22.4 Å². The van der Waals surface area contributed by atoms with Crippen LogP contribution in [0.2, 0.25) is 0 Å². The van der Waals surface area contributed by atoms with E-state index >= 15 is 0 Å². The van der Waals surface area contributed by atoms with Gasteiger partial charge in [0.2, 0.25) is 0 Å². The smallest absolute Gasteiger partial charge is 0.316 e. The van der Waals surface area contributed by atoms with Crippen molar-refractivity contribution in [3.63, 3.8) is 0 Å². The van der Waals surface area contributed by atoms with Crippen LogP contribution < -0.4 is 5.32 Å². The van der Waals surface area contributed by atoms with Gasteiger partial charge in [0.1, 0.15) is 0 Å². The first kappa shape index (κ1) is 11.9. The van der Waals surface area contributed by atoms with E-state index in [1.165, 1.54) is 5.32 Å². The molecule has 0 spiro atoms. The molecule has 8 heteroatoms. The van der Waals surface area contributed by atoms with Crippen molar-refractivity contribution in [1.29, 1.82) is 0 Å². The predicted octanol–water partition coefficient (Wildman–Crippen LogP) is 2.48. The number of aromatic nitrogens is 1. The molecular weight excluding hydrogens is 284 g/mol. The lowest BCUT2D eigenvalue weighted by molar-refractivity contribution is -0.167. The minimum atomic E-state index is -5.02. The average Bonchev–Trinajstić information content (AvgIpc) is 2.11. The lowest BCUT2D eigenvalue weighted by Gasteiger charge is -2.08. The normalized spacial score (nSPS) is 11.3. The van der Waals surface area contributed by atoms with E-state index in [-0.39, 0.29) is 10.2 Å². The van der Waals surface area contributed by atoms with E-state index < -0.39 is 17.9 Å². The van der Waals surface area contributed by atoms with Crippen LogP contribution in [0.1, 0.15) is 0 Å². The number of hydrogen-bond acceptors (Lipinski definition) is 2. The summed E-state index contributed by atoms with van der Waals surface area (Å²) in [5.74, 6) is -3.05. The summed E-state index contributed by atoms with van der Waals surface area (Å²) >= 11 is 2.68. The molecule has 0 atom stereocenters. The maximum Gasteiger partial charge on any atom is 0.471 e. The summed E-state index contributed by atoms with van der Waals surface area (Å²) in [6.07, 6.45) is -3.32. The third kappa shape index (κ3) is 2.88. The second kappa shape index (κ2) is 4.13. The Bertz CT molecular complexity index is 393. The molecule has 1 amide bonds. The summed E-state index contributed by atoms with van der Waals surface area (Å²) < 4.78 is 48.0. The number of nitrogens with zero attached hydrogens (tertiary/aromatic N) is 1. The molecule has 0 aliphatic heterocycles. The van der Waals surface area contributed by atoms with Gasteiger partial charge in [-0.2, -0.15) is 13.2 Å². The number of alkyl halides is 3. The number of halogens is 5. The molecule has 0 saturated carbocycles. The van der Waals surface area contributed by atoms with Crippen LogP contribution in [-0.4, -0.2) is 17.1 Å². The zero-order chi connectivity index (χ0) is 11.6. The van der Waals surface area contributed by atoms with Crippen molar-refractivity contribution >= 4 is 27.5 Å². The number of hydrogen-bond donors (Lipinski definition) is 1. The fraction of sp³-hybridized carbons (Fsp3) is 0.143. The lowest BCUT2D eigenvalue weighted by atomic mass is 10.4. The van der Waals surface area contributed by atoms with Crippen molar-refractivity contribution < 1.29 is 22.4 Å². The lowest BCUT2D eigenvalue weighted by Crippen LogP contribution is -2.30. The first-order valence-corrected chi connectivity index (χ1v) is 4.29. The molecule has 0 aliphatic carbocycles. The number of rotatable bonds is 1. The summed E-state index contributed by atoms with van der Waals surface area (Å²) in [7, 11) is 0. The Morgan fingerprint density at radius 2 is 2.00 bits per heavy atom. The average molecular weight is 287 g/mol. The van der Waals surface area contributed by atoms with Crippen molar-refractivity contribution in [3.05, 3.63) is 22.7 Å². The maximum absolute atomic E-state index is 12.8. The SMILES string of the molecule is O=C(Nc1cncc(F)c1Br)C(F)(F)F. The van der Waals surface area contributed by atoms with E-state index in [1.807, 2.05) is 0 Å². The molecule has 1 rings (SSSR count). The second-order valence-corrected chi connectivity index (χ2v) is 3.23. The Morgan fingerprint density at radius 3 is 2.53 bits per heavy atom. The van der Waals surface area contributed by atoms with E-state index in [0.29, 0.717) is 0 Å². The van der Waals surface area contributed by atoms with Crippen LogP contribution in [0.4, 0.5) is 23.2 Å². The highest BCUT2D eigenvalue weighted by Crippen LogP contribution is 2.26. The highest BCUT2D eigenvalue weighted by atomic mass is 79.9. The van der Waals surface area contributed by atoms with E-state index in [4.69, 9.17) is 0 Å².